The van der Waals surface area contributed by atoms with Crippen molar-refractivity contribution in [2.75, 3.05) is 28.4 Å². The van der Waals surface area contributed by atoms with Crippen LogP contribution in [0.5, 0.6) is 23.0 Å². The van der Waals surface area contributed by atoms with Crippen LogP contribution in [-0.4, -0.2) is 45.1 Å². The zero-order chi connectivity index (χ0) is 26.4. The fourth-order valence-corrected chi connectivity index (χ4v) is 3.92. The van der Waals surface area contributed by atoms with Gasteiger partial charge in [0, 0.05) is 17.1 Å². The van der Waals surface area contributed by atoms with E-state index >= 15 is 0 Å². The van der Waals surface area contributed by atoms with Crippen molar-refractivity contribution in [2.45, 2.75) is 13.3 Å². The number of nitrogens with zero attached hydrogens (tertiary/aromatic N) is 2. The molecular weight excluding hydrogens is 472 g/mol. The molecule has 8 nitrogen and oxygen atoms in total. The summed E-state index contributed by atoms with van der Waals surface area (Å²) in [7, 11) is 6.25. The van der Waals surface area contributed by atoms with Crippen molar-refractivity contribution in [3.05, 3.63) is 89.2 Å². The molecule has 1 aromatic heterocycles. The topological polar surface area (TPSA) is 88.5 Å². The van der Waals surface area contributed by atoms with Gasteiger partial charge in [0.2, 0.25) is 0 Å². The first-order chi connectivity index (χ1) is 18.0. The van der Waals surface area contributed by atoms with Crippen molar-refractivity contribution in [3.63, 3.8) is 0 Å². The number of rotatable bonds is 9. The van der Waals surface area contributed by atoms with Gasteiger partial charge in [-0.2, -0.15) is 0 Å². The van der Waals surface area contributed by atoms with E-state index in [1.807, 2.05) is 30.3 Å². The number of hydrogen-bond donors (Lipinski definition) is 0. The monoisotopic (exact) mass is 500 g/mol. The molecule has 1 heterocycles. The second-order valence-corrected chi connectivity index (χ2v) is 8.03. The summed E-state index contributed by atoms with van der Waals surface area (Å²) in [5, 5.41) is 5.88. The van der Waals surface area contributed by atoms with E-state index < -0.39 is 5.97 Å². The number of benzene rings is 3. The minimum absolute atomic E-state index is 0.331. The van der Waals surface area contributed by atoms with Crippen molar-refractivity contribution in [1.29, 1.82) is 0 Å². The Labute approximate surface area is 215 Å². The van der Waals surface area contributed by atoms with Crippen LogP contribution >= 0.6 is 0 Å². The van der Waals surface area contributed by atoms with Gasteiger partial charge in [0.15, 0.2) is 23.0 Å². The van der Waals surface area contributed by atoms with E-state index in [0.29, 0.717) is 45.5 Å². The lowest BCUT2D eigenvalue weighted by molar-refractivity contribution is 0.0517. The smallest absolute Gasteiger partial charge is 0.365 e. The molecule has 0 amide bonds. The first-order valence-corrected chi connectivity index (χ1v) is 11.6. The van der Waals surface area contributed by atoms with Crippen molar-refractivity contribution >= 4 is 22.5 Å². The highest BCUT2D eigenvalue weighted by Crippen LogP contribution is 2.35. The summed E-state index contributed by atoms with van der Waals surface area (Å²) in [5.74, 6) is 1.58. The number of hydrogen-bond acceptors (Lipinski definition) is 8. The molecule has 0 radical (unpaired) electrons. The molecule has 8 heteroatoms. The minimum atomic E-state index is -0.583. The molecule has 0 atom stereocenters. The molecule has 37 heavy (non-hydrogen) atoms. The van der Waals surface area contributed by atoms with Crippen LogP contribution in [0.25, 0.3) is 10.8 Å². The van der Waals surface area contributed by atoms with Gasteiger partial charge in [-0.05, 0) is 65.9 Å². The first kappa shape index (κ1) is 25.5. The number of aromatic nitrogens is 1. The van der Waals surface area contributed by atoms with E-state index in [9.17, 15) is 4.79 Å². The lowest BCUT2D eigenvalue weighted by Gasteiger charge is -2.14. The van der Waals surface area contributed by atoms with Gasteiger partial charge in [-0.3, -0.25) is 4.98 Å². The molecule has 190 valence electrons. The molecule has 0 saturated carbocycles. The summed E-state index contributed by atoms with van der Waals surface area (Å²) in [6.45, 7) is 2.05. The number of pyridine rings is 1. The summed E-state index contributed by atoms with van der Waals surface area (Å²) in [4.78, 5) is 22.9. The standard InChI is InChI=1S/C29H28N2O6/c1-6-18-7-9-19(10-8-18)29(32)37-31-27(21-11-12-23(33-2)24(16-21)34-3)28-22-17-26(36-5)25(35-4)15-20(22)13-14-30-28/h7-17H,6H2,1-5H3/b31-27+. The third-order valence-electron chi connectivity index (χ3n) is 5.97. The van der Waals surface area contributed by atoms with Gasteiger partial charge in [0.1, 0.15) is 11.4 Å². The molecule has 0 fully saturated rings. The minimum Gasteiger partial charge on any atom is -0.493 e. The molecule has 4 aromatic rings. The Bertz CT molecular complexity index is 1450. The second kappa shape index (κ2) is 11.4. The van der Waals surface area contributed by atoms with Crippen LogP contribution in [0, 0.1) is 0 Å². The molecule has 0 aliphatic heterocycles. The quantitative estimate of drug-likeness (QED) is 0.172. The van der Waals surface area contributed by atoms with E-state index in [1.54, 1.807) is 65.0 Å². The number of aryl methyl sites for hydroxylation is 1. The Morgan fingerprint density at radius 1 is 0.757 bits per heavy atom. The zero-order valence-corrected chi connectivity index (χ0v) is 21.4. The highest BCUT2D eigenvalue weighted by atomic mass is 16.7. The number of carbonyl (C=O) groups is 1. The fraction of sp³-hybridized carbons (Fsp3) is 0.207. The largest absolute Gasteiger partial charge is 0.493 e. The van der Waals surface area contributed by atoms with Gasteiger partial charge < -0.3 is 23.8 Å². The molecule has 0 aliphatic rings. The molecule has 0 saturated heterocycles. The molecule has 0 aliphatic carbocycles. The third-order valence-corrected chi connectivity index (χ3v) is 5.97. The molecule has 0 unspecified atom stereocenters. The van der Waals surface area contributed by atoms with Crippen LogP contribution in [0.4, 0.5) is 0 Å². The molecule has 0 N–H and O–H groups in total. The number of ether oxygens (including phenoxy) is 4. The average molecular weight is 501 g/mol. The lowest BCUT2D eigenvalue weighted by atomic mass is 10.0. The van der Waals surface area contributed by atoms with Crippen molar-refractivity contribution < 1.29 is 28.6 Å². The van der Waals surface area contributed by atoms with E-state index in [-0.39, 0.29) is 0 Å². The van der Waals surface area contributed by atoms with Crippen molar-refractivity contribution in [3.8, 4) is 23.0 Å². The van der Waals surface area contributed by atoms with Crippen LogP contribution in [0.1, 0.15) is 34.1 Å². The summed E-state index contributed by atoms with van der Waals surface area (Å²) in [6.07, 6.45) is 2.53. The van der Waals surface area contributed by atoms with E-state index in [0.717, 1.165) is 22.8 Å². The SMILES string of the molecule is CCc1ccc(C(=O)O/N=C(\c2ccc(OC)c(OC)c2)c2nccc3cc(OC)c(OC)cc23)cc1. The molecule has 4 rings (SSSR count). The maximum atomic E-state index is 12.9. The van der Waals surface area contributed by atoms with Gasteiger partial charge in [0.25, 0.3) is 0 Å². The van der Waals surface area contributed by atoms with Crippen molar-refractivity contribution in [1.82, 2.24) is 4.98 Å². The summed E-state index contributed by atoms with van der Waals surface area (Å²) < 4.78 is 21.8. The molecule has 0 bridgehead atoms. The number of oxime groups is 1. The normalized spacial score (nSPS) is 11.2. The summed E-state index contributed by atoms with van der Waals surface area (Å²) >= 11 is 0. The number of methoxy groups -OCH3 is 4. The first-order valence-electron chi connectivity index (χ1n) is 11.6. The van der Waals surface area contributed by atoms with Crippen LogP contribution in [-0.2, 0) is 11.3 Å². The van der Waals surface area contributed by atoms with Crippen LogP contribution in [0.3, 0.4) is 0 Å². The Morgan fingerprint density at radius 3 is 2.03 bits per heavy atom. The molecular formula is C29H28N2O6. The second-order valence-electron chi connectivity index (χ2n) is 8.03. The van der Waals surface area contributed by atoms with E-state index in [2.05, 4.69) is 17.1 Å². The number of fused-ring (bicyclic) bond motifs is 1. The molecule has 0 spiro atoms. The van der Waals surface area contributed by atoms with Gasteiger partial charge in [-0.25, -0.2) is 4.79 Å². The Hall–Kier alpha value is -4.59. The third kappa shape index (κ3) is 5.33. The van der Waals surface area contributed by atoms with Crippen LogP contribution in [0.2, 0.25) is 0 Å². The lowest BCUT2D eigenvalue weighted by Crippen LogP contribution is -2.11. The highest BCUT2D eigenvalue weighted by Gasteiger charge is 2.19. The number of carbonyl (C=O) groups excluding carboxylic acids is 1. The van der Waals surface area contributed by atoms with E-state index in [1.165, 1.54) is 0 Å². The van der Waals surface area contributed by atoms with Gasteiger partial charge in [-0.15, -0.1) is 0 Å². The molecule has 3 aromatic carbocycles. The Kier molecular flexibility index (Phi) is 7.88. The summed E-state index contributed by atoms with van der Waals surface area (Å²) in [5.41, 5.74) is 2.94. The maximum Gasteiger partial charge on any atom is 0.365 e. The van der Waals surface area contributed by atoms with Crippen molar-refractivity contribution in [2.24, 2.45) is 5.16 Å². The predicted octanol–water partition coefficient (Wildman–Crippen LogP) is 5.44. The Morgan fingerprint density at radius 2 is 1.38 bits per heavy atom. The van der Waals surface area contributed by atoms with Gasteiger partial charge in [0.05, 0.1) is 34.0 Å². The van der Waals surface area contributed by atoms with Crippen LogP contribution < -0.4 is 18.9 Å². The average Bonchev–Trinajstić information content (AvgIpc) is 2.96. The van der Waals surface area contributed by atoms with Gasteiger partial charge in [-0.1, -0.05) is 24.2 Å². The van der Waals surface area contributed by atoms with E-state index in [4.69, 9.17) is 23.8 Å². The Balaban J connectivity index is 1.86. The highest BCUT2D eigenvalue weighted by molar-refractivity contribution is 6.18. The zero-order valence-electron chi connectivity index (χ0n) is 21.4. The van der Waals surface area contributed by atoms with Crippen LogP contribution in [0.15, 0.2) is 72.0 Å². The van der Waals surface area contributed by atoms with Gasteiger partial charge >= 0.3 is 5.97 Å². The predicted molar refractivity (Wildman–Crippen MR) is 141 cm³/mol. The maximum absolute atomic E-state index is 12.9. The summed E-state index contributed by atoms with van der Waals surface area (Å²) in [6, 6.07) is 18.1. The fourth-order valence-electron chi connectivity index (χ4n) is 3.92.